The Morgan fingerprint density at radius 3 is 2.58 bits per heavy atom. The average molecular weight is 343 g/mol. The minimum atomic E-state index is -3.62. The van der Waals surface area contributed by atoms with E-state index in [2.05, 4.69) is 14.7 Å². The van der Waals surface area contributed by atoms with Crippen molar-refractivity contribution in [2.24, 2.45) is 4.99 Å². The van der Waals surface area contributed by atoms with Gasteiger partial charge in [-0.1, -0.05) is 6.07 Å². The Morgan fingerprint density at radius 1 is 1.21 bits per heavy atom. The van der Waals surface area contributed by atoms with Gasteiger partial charge in [-0.3, -0.25) is 14.7 Å². The Morgan fingerprint density at radius 2 is 1.96 bits per heavy atom. The second-order valence-electron chi connectivity index (χ2n) is 5.31. The smallest absolute Gasteiger partial charge is 0.264 e. The number of nitrogens with zero attached hydrogens (tertiary/aromatic N) is 2. The third-order valence-corrected chi connectivity index (χ3v) is 5.23. The molecule has 0 saturated carbocycles. The Bertz CT molecular complexity index is 902. The predicted molar refractivity (Wildman–Crippen MR) is 93.0 cm³/mol. The molecule has 2 aromatic rings. The van der Waals surface area contributed by atoms with E-state index in [0.717, 1.165) is 5.56 Å². The number of ether oxygens (including phenoxy) is 1. The van der Waals surface area contributed by atoms with Gasteiger partial charge in [0.15, 0.2) is 0 Å². The number of hydrogen-bond donors (Lipinski definition) is 1. The van der Waals surface area contributed by atoms with Gasteiger partial charge >= 0.3 is 0 Å². The molecule has 7 heteroatoms. The number of nitrogens with one attached hydrogen (secondary N) is 1. The summed E-state index contributed by atoms with van der Waals surface area (Å²) in [6.07, 6.45) is 3.39. The van der Waals surface area contributed by atoms with Crippen LogP contribution >= 0.6 is 0 Å². The third kappa shape index (κ3) is 3.16. The maximum atomic E-state index is 12.5. The maximum absolute atomic E-state index is 12.5. The minimum Gasteiger partial charge on any atom is -0.497 e. The molecule has 124 valence electrons. The third-order valence-electron chi connectivity index (χ3n) is 3.69. The standard InChI is InChI=1S/C17H17N3O3S/c1-12-16(14-5-7-15(23-2)8-6-14)24(21,22)20-17(12)19-11-13-4-3-9-18-10-13/h3-10H,11H2,1-2H3,(H,19,20). The number of aromatic nitrogens is 1. The number of rotatable bonds is 4. The van der Waals surface area contributed by atoms with Crippen LogP contribution in [0.5, 0.6) is 5.75 Å². The normalized spacial score (nSPS) is 17.8. The molecule has 0 atom stereocenters. The molecule has 24 heavy (non-hydrogen) atoms. The maximum Gasteiger partial charge on any atom is 0.264 e. The zero-order valence-electron chi connectivity index (χ0n) is 13.4. The van der Waals surface area contributed by atoms with Gasteiger partial charge in [0.05, 0.1) is 13.7 Å². The summed E-state index contributed by atoms with van der Waals surface area (Å²) in [5, 5.41) is 0. The molecule has 0 aliphatic carbocycles. The van der Waals surface area contributed by atoms with Crippen LogP contribution in [0.25, 0.3) is 4.91 Å². The van der Waals surface area contributed by atoms with E-state index in [9.17, 15) is 8.42 Å². The van der Waals surface area contributed by atoms with Gasteiger partial charge in [0, 0.05) is 18.0 Å². The zero-order valence-corrected chi connectivity index (χ0v) is 14.2. The van der Waals surface area contributed by atoms with Crippen molar-refractivity contribution in [2.45, 2.75) is 13.5 Å². The molecule has 1 aliphatic heterocycles. The topological polar surface area (TPSA) is 80.7 Å². The van der Waals surface area contributed by atoms with E-state index in [1.165, 1.54) is 0 Å². The van der Waals surface area contributed by atoms with E-state index < -0.39 is 10.0 Å². The minimum absolute atomic E-state index is 0.245. The van der Waals surface area contributed by atoms with Gasteiger partial charge in [-0.25, -0.2) is 8.42 Å². The van der Waals surface area contributed by atoms with E-state index in [4.69, 9.17) is 4.74 Å². The largest absolute Gasteiger partial charge is 0.497 e. The summed E-state index contributed by atoms with van der Waals surface area (Å²) in [6.45, 7) is 2.11. The lowest BCUT2D eigenvalue weighted by atomic mass is 10.1. The van der Waals surface area contributed by atoms with Gasteiger partial charge < -0.3 is 4.74 Å². The van der Waals surface area contributed by atoms with Crippen molar-refractivity contribution in [1.29, 1.82) is 0 Å². The summed E-state index contributed by atoms with van der Waals surface area (Å²) in [4.78, 5) is 8.65. The number of amidine groups is 1. The Kier molecular flexibility index (Phi) is 4.35. The summed E-state index contributed by atoms with van der Waals surface area (Å²) in [6, 6.07) is 10.6. The molecule has 6 nitrogen and oxygen atoms in total. The summed E-state index contributed by atoms with van der Waals surface area (Å²) in [5.41, 5.74) is 2.12. The van der Waals surface area contributed by atoms with Crippen LogP contribution in [0.2, 0.25) is 0 Å². The Hall–Kier alpha value is -2.67. The number of aliphatic imine (C=N–C) groups is 1. The molecule has 1 aromatic carbocycles. The monoisotopic (exact) mass is 343 g/mol. The fourth-order valence-electron chi connectivity index (χ4n) is 2.49. The van der Waals surface area contributed by atoms with Crippen LogP contribution in [0.1, 0.15) is 18.1 Å². The first-order chi connectivity index (χ1) is 11.5. The first kappa shape index (κ1) is 16.2. The van der Waals surface area contributed by atoms with Gasteiger partial charge in [-0.15, -0.1) is 0 Å². The van der Waals surface area contributed by atoms with Crippen LogP contribution in [-0.4, -0.2) is 26.3 Å². The number of hydrogen-bond acceptors (Lipinski definition) is 5. The SMILES string of the molecule is COc1ccc(C2=C(C)C(=NCc3cccnc3)NS2(=O)=O)cc1. The van der Waals surface area contributed by atoms with Crippen molar-refractivity contribution in [1.82, 2.24) is 9.71 Å². The highest BCUT2D eigenvalue weighted by atomic mass is 32.2. The van der Waals surface area contributed by atoms with Crippen molar-refractivity contribution in [3.05, 3.63) is 65.5 Å². The molecular weight excluding hydrogens is 326 g/mol. The van der Waals surface area contributed by atoms with Crippen molar-refractivity contribution in [3.63, 3.8) is 0 Å². The zero-order chi connectivity index (χ0) is 17.2. The van der Waals surface area contributed by atoms with Crippen molar-refractivity contribution in [2.75, 3.05) is 7.11 Å². The highest BCUT2D eigenvalue weighted by Crippen LogP contribution is 2.30. The lowest BCUT2D eigenvalue weighted by Gasteiger charge is -2.04. The number of benzene rings is 1. The predicted octanol–water partition coefficient (Wildman–Crippen LogP) is 2.35. The molecule has 1 aromatic heterocycles. The van der Waals surface area contributed by atoms with Crippen molar-refractivity contribution in [3.8, 4) is 5.75 Å². The lowest BCUT2D eigenvalue weighted by Crippen LogP contribution is -2.23. The summed E-state index contributed by atoms with van der Waals surface area (Å²) >= 11 is 0. The van der Waals surface area contributed by atoms with Gasteiger partial charge in [-0.05, 0) is 48.4 Å². The second-order valence-corrected chi connectivity index (χ2v) is 6.93. The molecule has 0 saturated heterocycles. The molecule has 1 aliphatic rings. The van der Waals surface area contributed by atoms with Crippen LogP contribution < -0.4 is 9.46 Å². The number of methoxy groups -OCH3 is 1. The van der Waals surface area contributed by atoms with Crippen LogP contribution in [0, 0.1) is 0 Å². The fraction of sp³-hybridized carbons (Fsp3) is 0.176. The highest BCUT2D eigenvalue weighted by molar-refractivity contribution is 8.00. The van der Waals surface area contributed by atoms with Crippen LogP contribution in [0.3, 0.4) is 0 Å². The van der Waals surface area contributed by atoms with Crippen molar-refractivity contribution >= 4 is 20.8 Å². The summed E-state index contributed by atoms with van der Waals surface area (Å²) in [5.74, 6) is 1.04. The van der Waals surface area contributed by atoms with Crippen LogP contribution in [0.4, 0.5) is 0 Å². The molecule has 2 heterocycles. The molecular formula is C17H17N3O3S. The molecule has 0 unspecified atom stereocenters. The summed E-state index contributed by atoms with van der Waals surface area (Å²) < 4.78 is 32.5. The number of sulfonamides is 1. The van der Waals surface area contributed by atoms with Gasteiger partial charge in [-0.2, -0.15) is 0 Å². The van der Waals surface area contributed by atoms with Gasteiger partial charge in [0.2, 0.25) is 0 Å². The molecule has 3 rings (SSSR count). The van der Waals surface area contributed by atoms with E-state index in [0.29, 0.717) is 29.3 Å². The van der Waals surface area contributed by atoms with Crippen LogP contribution in [-0.2, 0) is 16.6 Å². The second kappa shape index (κ2) is 6.45. The molecule has 1 N–H and O–H groups in total. The van der Waals surface area contributed by atoms with Crippen LogP contribution in [0.15, 0.2) is 59.4 Å². The quantitative estimate of drug-likeness (QED) is 0.924. The molecule has 0 spiro atoms. The molecule has 0 radical (unpaired) electrons. The Balaban J connectivity index is 1.95. The molecule has 0 bridgehead atoms. The van der Waals surface area contributed by atoms with E-state index in [-0.39, 0.29) is 4.91 Å². The fourth-order valence-corrected chi connectivity index (χ4v) is 4.01. The highest BCUT2D eigenvalue weighted by Gasteiger charge is 2.32. The molecule has 0 amide bonds. The average Bonchev–Trinajstić information content (AvgIpc) is 2.83. The van der Waals surface area contributed by atoms with E-state index in [1.54, 1.807) is 50.7 Å². The Labute approximate surface area is 141 Å². The van der Waals surface area contributed by atoms with E-state index >= 15 is 0 Å². The van der Waals surface area contributed by atoms with Crippen molar-refractivity contribution < 1.29 is 13.2 Å². The number of pyridine rings is 1. The van der Waals surface area contributed by atoms with E-state index in [1.807, 2.05) is 12.1 Å². The first-order valence-corrected chi connectivity index (χ1v) is 8.81. The molecule has 0 fully saturated rings. The van der Waals surface area contributed by atoms with Gasteiger partial charge in [0.1, 0.15) is 16.5 Å². The lowest BCUT2D eigenvalue weighted by molar-refractivity contribution is 0.415. The first-order valence-electron chi connectivity index (χ1n) is 7.33. The summed E-state index contributed by atoms with van der Waals surface area (Å²) in [7, 11) is -2.05. The van der Waals surface area contributed by atoms with Gasteiger partial charge in [0.25, 0.3) is 10.0 Å².